The molecule has 2 aromatic carbocycles. The smallest absolute Gasteiger partial charge is 0.338 e. The number of hydrogen-bond acceptors (Lipinski definition) is 5. The third-order valence-electron chi connectivity index (χ3n) is 3.23. The van der Waals surface area contributed by atoms with Crippen LogP contribution in [0, 0.1) is 0 Å². The Hall–Kier alpha value is -3.35. The molecule has 7 heteroatoms. The minimum Gasteiger partial charge on any atom is -0.462 e. The van der Waals surface area contributed by atoms with Crippen molar-refractivity contribution in [2.24, 2.45) is 11.5 Å². The highest BCUT2D eigenvalue weighted by atomic mass is 16.5. The molecule has 0 atom stereocenters. The maximum Gasteiger partial charge on any atom is 0.338 e. The Balaban J connectivity index is 2.40. The number of primary amides is 2. The van der Waals surface area contributed by atoms with Gasteiger partial charge in [0, 0.05) is 5.69 Å². The molecule has 7 nitrogen and oxygen atoms in total. The fourth-order valence-corrected chi connectivity index (χ4v) is 2.22. The van der Waals surface area contributed by atoms with E-state index in [4.69, 9.17) is 16.2 Å². The van der Waals surface area contributed by atoms with Crippen LogP contribution in [0.4, 0.5) is 11.4 Å². The van der Waals surface area contributed by atoms with Crippen LogP contribution in [0.1, 0.15) is 38.0 Å². The summed E-state index contributed by atoms with van der Waals surface area (Å²) in [5, 5.41) is 2.97. The standard InChI is InChI=1S/C17H17N3O4/c1-2-24-17(23)10-5-3-6-11(9-10)20-13-8-4-7-12(15(18)21)14(13)16(19)22/h3-9,20H,2H2,1H3,(H2,18,21)(H2,19,22). The molecule has 0 heterocycles. The fourth-order valence-electron chi connectivity index (χ4n) is 2.22. The molecule has 24 heavy (non-hydrogen) atoms. The van der Waals surface area contributed by atoms with Gasteiger partial charge in [0.2, 0.25) is 5.91 Å². The zero-order valence-corrected chi connectivity index (χ0v) is 13.0. The van der Waals surface area contributed by atoms with E-state index >= 15 is 0 Å². The highest BCUT2D eigenvalue weighted by Crippen LogP contribution is 2.24. The highest BCUT2D eigenvalue weighted by molar-refractivity contribution is 6.10. The number of rotatable bonds is 6. The lowest BCUT2D eigenvalue weighted by atomic mass is 10.0. The van der Waals surface area contributed by atoms with Crippen molar-refractivity contribution in [3.8, 4) is 0 Å². The van der Waals surface area contributed by atoms with Crippen LogP contribution in [-0.2, 0) is 4.74 Å². The zero-order chi connectivity index (χ0) is 17.7. The quantitative estimate of drug-likeness (QED) is 0.698. The lowest BCUT2D eigenvalue weighted by Gasteiger charge is -2.13. The van der Waals surface area contributed by atoms with E-state index in [0.717, 1.165) is 0 Å². The molecule has 0 aliphatic heterocycles. The number of carbonyl (C=O) groups is 3. The van der Waals surface area contributed by atoms with Gasteiger partial charge in [-0.15, -0.1) is 0 Å². The first-order chi connectivity index (χ1) is 11.4. The predicted molar refractivity (Wildman–Crippen MR) is 89.2 cm³/mol. The van der Waals surface area contributed by atoms with Crippen molar-refractivity contribution in [2.75, 3.05) is 11.9 Å². The molecule has 0 saturated carbocycles. The van der Waals surface area contributed by atoms with Crippen LogP contribution in [0.15, 0.2) is 42.5 Å². The third kappa shape index (κ3) is 3.70. The number of nitrogens with one attached hydrogen (secondary N) is 1. The van der Waals surface area contributed by atoms with Gasteiger partial charge in [0.05, 0.1) is 29.0 Å². The number of carbonyl (C=O) groups excluding carboxylic acids is 3. The van der Waals surface area contributed by atoms with Crippen LogP contribution in [0.25, 0.3) is 0 Å². The summed E-state index contributed by atoms with van der Waals surface area (Å²) in [7, 11) is 0. The molecule has 0 unspecified atom stereocenters. The highest BCUT2D eigenvalue weighted by Gasteiger charge is 2.17. The minimum atomic E-state index is -0.784. The van der Waals surface area contributed by atoms with E-state index in [9.17, 15) is 14.4 Å². The lowest BCUT2D eigenvalue weighted by Crippen LogP contribution is -2.22. The maximum absolute atomic E-state index is 11.8. The van der Waals surface area contributed by atoms with Crippen LogP contribution >= 0.6 is 0 Å². The second-order valence-corrected chi connectivity index (χ2v) is 4.88. The van der Waals surface area contributed by atoms with Crippen molar-refractivity contribution in [3.63, 3.8) is 0 Å². The van der Waals surface area contributed by atoms with Gasteiger partial charge >= 0.3 is 5.97 Å². The largest absolute Gasteiger partial charge is 0.462 e. The van der Waals surface area contributed by atoms with Crippen LogP contribution in [0.3, 0.4) is 0 Å². The predicted octanol–water partition coefficient (Wildman–Crippen LogP) is 1.80. The molecule has 2 amide bonds. The van der Waals surface area contributed by atoms with Crippen molar-refractivity contribution >= 4 is 29.2 Å². The second kappa shape index (κ2) is 7.28. The van der Waals surface area contributed by atoms with Gasteiger partial charge in [-0.05, 0) is 37.3 Å². The molecule has 0 saturated heterocycles. The van der Waals surface area contributed by atoms with Crippen molar-refractivity contribution in [3.05, 3.63) is 59.2 Å². The van der Waals surface area contributed by atoms with Gasteiger partial charge in [-0.3, -0.25) is 9.59 Å². The average Bonchev–Trinajstić information content (AvgIpc) is 2.54. The molecule has 0 radical (unpaired) electrons. The zero-order valence-electron chi connectivity index (χ0n) is 13.0. The summed E-state index contributed by atoms with van der Waals surface area (Å²) in [6, 6.07) is 11.1. The molecule has 0 spiro atoms. The maximum atomic E-state index is 11.8. The molecule has 2 aromatic rings. The first-order valence-electron chi connectivity index (χ1n) is 7.21. The molecule has 5 N–H and O–H groups in total. The van der Waals surface area contributed by atoms with Crippen molar-refractivity contribution in [1.29, 1.82) is 0 Å². The average molecular weight is 327 g/mol. The van der Waals surface area contributed by atoms with Gasteiger partial charge in [0.25, 0.3) is 5.91 Å². The fraction of sp³-hybridized carbons (Fsp3) is 0.118. The Bertz CT molecular complexity index is 802. The topological polar surface area (TPSA) is 125 Å². The number of amides is 2. The van der Waals surface area contributed by atoms with Crippen molar-refractivity contribution < 1.29 is 19.1 Å². The summed E-state index contributed by atoms with van der Waals surface area (Å²) < 4.78 is 4.94. The number of benzene rings is 2. The summed E-state index contributed by atoms with van der Waals surface area (Å²) in [5.41, 5.74) is 11.9. The van der Waals surface area contributed by atoms with Crippen molar-refractivity contribution in [1.82, 2.24) is 0 Å². The number of esters is 1. The van der Waals surface area contributed by atoms with E-state index in [0.29, 0.717) is 16.9 Å². The first kappa shape index (κ1) is 17.0. The second-order valence-electron chi connectivity index (χ2n) is 4.88. The number of nitrogens with two attached hydrogens (primary N) is 2. The van der Waals surface area contributed by atoms with E-state index in [-0.39, 0.29) is 17.7 Å². The Morgan fingerprint density at radius 3 is 2.38 bits per heavy atom. The molecular weight excluding hydrogens is 310 g/mol. The summed E-state index contributed by atoms with van der Waals surface area (Å²) in [6.45, 7) is 1.98. The number of hydrogen-bond donors (Lipinski definition) is 3. The summed E-state index contributed by atoms with van der Waals surface area (Å²) in [4.78, 5) is 35.0. The Morgan fingerprint density at radius 1 is 1.04 bits per heavy atom. The summed E-state index contributed by atoms with van der Waals surface area (Å²) in [6.07, 6.45) is 0. The normalized spacial score (nSPS) is 10.0. The van der Waals surface area contributed by atoms with Gasteiger partial charge in [0.1, 0.15) is 0 Å². The molecular formula is C17H17N3O4. The van der Waals surface area contributed by atoms with Crippen LogP contribution < -0.4 is 16.8 Å². The molecule has 0 aliphatic rings. The summed E-state index contributed by atoms with van der Waals surface area (Å²) in [5.74, 6) is -2.00. The van der Waals surface area contributed by atoms with E-state index in [2.05, 4.69) is 5.32 Å². The molecule has 0 aromatic heterocycles. The molecule has 2 rings (SSSR count). The van der Waals surface area contributed by atoms with Crippen LogP contribution in [-0.4, -0.2) is 24.4 Å². The van der Waals surface area contributed by atoms with Crippen LogP contribution in [0.5, 0.6) is 0 Å². The first-order valence-corrected chi connectivity index (χ1v) is 7.21. The Kier molecular flexibility index (Phi) is 5.16. The van der Waals surface area contributed by atoms with E-state index in [1.807, 2.05) is 0 Å². The molecule has 0 fully saturated rings. The SMILES string of the molecule is CCOC(=O)c1cccc(Nc2cccc(C(N)=O)c2C(N)=O)c1. The van der Waals surface area contributed by atoms with Gasteiger partial charge in [-0.2, -0.15) is 0 Å². The van der Waals surface area contributed by atoms with E-state index in [1.165, 1.54) is 6.07 Å². The third-order valence-corrected chi connectivity index (χ3v) is 3.23. The van der Waals surface area contributed by atoms with Gasteiger partial charge in [0.15, 0.2) is 0 Å². The van der Waals surface area contributed by atoms with Gasteiger partial charge < -0.3 is 21.5 Å². The van der Waals surface area contributed by atoms with Gasteiger partial charge in [-0.1, -0.05) is 12.1 Å². The minimum absolute atomic E-state index is 0.00784. The van der Waals surface area contributed by atoms with Crippen LogP contribution in [0.2, 0.25) is 0 Å². The Morgan fingerprint density at radius 2 is 1.75 bits per heavy atom. The van der Waals surface area contributed by atoms with Gasteiger partial charge in [-0.25, -0.2) is 4.79 Å². The molecule has 124 valence electrons. The van der Waals surface area contributed by atoms with Crippen molar-refractivity contribution in [2.45, 2.75) is 6.92 Å². The number of ether oxygens (including phenoxy) is 1. The monoisotopic (exact) mass is 327 g/mol. The van der Waals surface area contributed by atoms with E-state index in [1.54, 1.807) is 43.3 Å². The molecule has 0 aliphatic carbocycles. The Labute approximate surface area is 138 Å². The number of anilines is 2. The molecule has 0 bridgehead atoms. The lowest BCUT2D eigenvalue weighted by molar-refractivity contribution is 0.0526. The van der Waals surface area contributed by atoms with E-state index < -0.39 is 17.8 Å². The summed E-state index contributed by atoms with van der Waals surface area (Å²) >= 11 is 0.